The minimum absolute atomic E-state index is 0.502. The lowest BCUT2D eigenvalue weighted by molar-refractivity contribution is 1.28. The molecular formula is C49H33N3. The first kappa shape index (κ1) is 31.0. The minimum Gasteiger partial charge on any atom is -0.310 e. The Labute approximate surface area is 303 Å². The Morgan fingerprint density at radius 3 is 1.73 bits per heavy atom. The third-order valence-electron chi connectivity index (χ3n) is 10.2. The van der Waals surface area contributed by atoms with E-state index in [1.165, 1.54) is 38.6 Å². The predicted octanol–water partition coefficient (Wildman–Crippen LogP) is 13.2. The van der Waals surface area contributed by atoms with Gasteiger partial charge in [-0.15, -0.1) is 0 Å². The molecule has 0 bridgehead atoms. The van der Waals surface area contributed by atoms with Crippen molar-refractivity contribution in [2.24, 2.45) is 0 Å². The summed E-state index contributed by atoms with van der Waals surface area (Å²) in [6.45, 7) is 1.83. The van der Waals surface area contributed by atoms with E-state index in [2.05, 4.69) is 138 Å². The third-order valence-corrected chi connectivity index (χ3v) is 10.2. The molecule has 0 amide bonds. The topological polar surface area (TPSA) is 50.9 Å². The number of anilines is 3. The Hall–Kier alpha value is -7.02. The van der Waals surface area contributed by atoms with Crippen LogP contribution in [0.2, 0.25) is 0 Å². The number of rotatable bonds is 7. The fraction of sp³-hybridized carbons (Fsp3) is 0.0204. The summed E-state index contributed by atoms with van der Waals surface area (Å²) < 4.78 is 0. The van der Waals surface area contributed by atoms with E-state index in [0.717, 1.165) is 50.4 Å². The predicted molar refractivity (Wildman–Crippen MR) is 217 cm³/mol. The number of hydrogen-bond donors (Lipinski definition) is 1. The van der Waals surface area contributed by atoms with Crippen molar-refractivity contribution < 1.29 is 0 Å². The van der Waals surface area contributed by atoms with Gasteiger partial charge in [0.05, 0.1) is 11.6 Å². The van der Waals surface area contributed by atoms with Crippen LogP contribution in [0.3, 0.4) is 0 Å². The highest BCUT2D eigenvalue weighted by molar-refractivity contribution is 6.18. The van der Waals surface area contributed by atoms with Gasteiger partial charge in [0.15, 0.2) is 0 Å². The van der Waals surface area contributed by atoms with E-state index >= 15 is 0 Å². The van der Waals surface area contributed by atoms with Crippen molar-refractivity contribution in [3.63, 3.8) is 0 Å². The molecular weight excluding hydrogens is 631 g/mol. The summed E-state index contributed by atoms with van der Waals surface area (Å²) in [5, 5.41) is 21.2. The Kier molecular flexibility index (Phi) is 7.57. The molecule has 0 saturated heterocycles. The van der Waals surface area contributed by atoms with Crippen LogP contribution in [0.1, 0.15) is 18.1 Å². The van der Waals surface area contributed by atoms with Crippen LogP contribution in [-0.4, -0.2) is 5.71 Å². The number of nitriles is 1. The molecule has 52 heavy (non-hydrogen) atoms. The van der Waals surface area contributed by atoms with Crippen LogP contribution in [0.4, 0.5) is 17.1 Å². The SMILES string of the molecule is CC(=N)c1ccccc1-c1cc(-c2ccccc2C#N)cc(N(c2ccccc2)c2ccc(-c3ccc4c5c(cccc35)-c3ccccc3-4)cc2)c1. The molecule has 8 aromatic carbocycles. The Morgan fingerprint density at radius 1 is 0.462 bits per heavy atom. The van der Waals surface area contributed by atoms with Gasteiger partial charge in [-0.1, -0.05) is 127 Å². The lowest BCUT2D eigenvalue weighted by Gasteiger charge is -2.27. The van der Waals surface area contributed by atoms with Gasteiger partial charge in [-0.25, -0.2) is 0 Å². The van der Waals surface area contributed by atoms with Crippen LogP contribution in [0.25, 0.3) is 66.4 Å². The number of benzene rings is 8. The van der Waals surface area contributed by atoms with E-state index in [1.54, 1.807) is 0 Å². The van der Waals surface area contributed by atoms with Crippen molar-refractivity contribution >= 4 is 33.5 Å². The average molecular weight is 664 g/mol. The molecule has 1 aliphatic rings. The Morgan fingerprint density at radius 2 is 1.02 bits per heavy atom. The van der Waals surface area contributed by atoms with Gasteiger partial charge in [0, 0.05) is 28.3 Å². The molecule has 0 heterocycles. The molecule has 3 heteroatoms. The van der Waals surface area contributed by atoms with Gasteiger partial charge in [-0.2, -0.15) is 5.26 Å². The number of nitrogens with one attached hydrogen (secondary N) is 1. The molecule has 0 atom stereocenters. The van der Waals surface area contributed by atoms with Crippen molar-refractivity contribution in [3.05, 3.63) is 187 Å². The fourth-order valence-electron chi connectivity index (χ4n) is 7.82. The van der Waals surface area contributed by atoms with Gasteiger partial charge in [0.2, 0.25) is 0 Å². The summed E-state index contributed by atoms with van der Waals surface area (Å²) in [5.41, 5.74) is 16.3. The zero-order chi connectivity index (χ0) is 35.2. The molecule has 0 aromatic heterocycles. The summed E-state index contributed by atoms with van der Waals surface area (Å²) in [7, 11) is 0. The second kappa shape index (κ2) is 12.7. The maximum absolute atomic E-state index is 10.1. The average Bonchev–Trinajstić information content (AvgIpc) is 3.53. The minimum atomic E-state index is 0.502. The van der Waals surface area contributed by atoms with Crippen molar-refractivity contribution in [2.75, 3.05) is 4.90 Å². The van der Waals surface area contributed by atoms with E-state index in [0.29, 0.717) is 11.3 Å². The standard InChI is InChI=1S/C49H33N3/c1-32(51)40-15-7-8-17-42(40)36-28-35(41-16-6-5-12-34(41)31-50)29-39(30-36)52(37-13-3-2-4-14-37)38-24-22-33(23-25-38)43-26-27-48-45-19-10-9-18-44(45)47-21-11-20-46(43)49(47)48/h2-30,51H,1H3. The monoisotopic (exact) mass is 663 g/mol. The quantitative estimate of drug-likeness (QED) is 0.173. The molecule has 0 saturated carbocycles. The zero-order valence-electron chi connectivity index (χ0n) is 28.6. The van der Waals surface area contributed by atoms with E-state index in [-0.39, 0.29) is 0 Å². The van der Waals surface area contributed by atoms with E-state index in [4.69, 9.17) is 5.41 Å². The van der Waals surface area contributed by atoms with Gasteiger partial charge in [0.25, 0.3) is 0 Å². The van der Waals surface area contributed by atoms with E-state index < -0.39 is 0 Å². The van der Waals surface area contributed by atoms with Gasteiger partial charge in [0.1, 0.15) is 0 Å². The third kappa shape index (κ3) is 5.18. The summed E-state index contributed by atoms with van der Waals surface area (Å²) in [4.78, 5) is 2.27. The number of fused-ring (bicyclic) bond motifs is 3. The Balaban J connectivity index is 1.21. The molecule has 244 valence electrons. The van der Waals surface area contributed by atoms with Crippen molar-refractivity contribution in [3.8, 4) is 61.7 Å². The largest absolute Gasteiger partial charge is 0.310 e. The van der Waals surface area contributed by atoms with Crippen LogP contribution in [-0.2, 0) is 0 Å². The maximum Gasteiger partial charge on any atom is 0.0998 e. The maximum atomic E-state index is 10.1. The van der Waals surface area contributed by atoms with Gasteiger partial charge >= 0.3 is 0 Å². The fourth-order valence-corrected chi connectivity index (χ4v) is 7.82. The highest BCUT2D eigenvalue weighted by Crippen LogP contribution is 2.49. The first-order chi connectivity index (χ1) is 25.6. The summed E-state index contributed by atoms with van der Waals surface area (Å²) >= 11 is 0. The number of hydrogen-bond acceptors (Lipinski definition) is 3. The second-order valence-corrected chi connectivity index (χ2v) is 13.2. The van der Waals surface area contributed by atoms with Crippen LogP contribution >= 0.6 is 0 Å². The van der Waals surface area contributed by atoms with Crippen LogP contribution < -0.4 is 4.90 Å². The smallest absolute Gasteiger partial charge is 0.0998 e. The van der Waals surface area contributed by atoms with Gasteiger partial charge in [-0.05, 0) is 122 Å². The van der Waals surface area contributed by atoms with Gasteiger partial charge in [-0.3, -0.25) is 0 Å². The molecule has 0 radical (unpaired) electrons. The molecule has 0 fully saturated rings. The highest BCUT2D eigenvalue weighted by Gasteiger charge is 2.23. The normalized spacial score (nSPS) is 11.2. The van der Waals surface area contributed by atoms with E-state index in [1.807, 2.05) is 55.5 Å². The van der Waals surface area contributed by atoms with Crippen LogP contribution in [0.15, 0.2) is 176 Å². The molecule has 0 spiro atoms. The van der Waals surface area contributed by atoms with Crippen LogP contribution in [0, 0.1) is 16.7 Å². The number of para-hydroxylation sites is 1. The highest BCUT2D eigenvalue weighted by atomic mass is 15.1. The summed E-state index contributed by atoms with van der Waals surface area (Å²) in [5.74, 6) is 0. The lowest BCUT2D eigenvalue weighted by atomic mass is 9.92. The first-order valence-electron chi connectivity index (χ1n) is 17.5. The summed E-state index contributed by atoms with van der Waals surface area (Å²) in [6, 6.07) is 63.9. The molecule has 1 N–H and O–H groups in total. The second-order valence-electron chi connectivity index (χ2n) is 13.2. The van der Waals surface area contributed by atoms with Crippen molar-refractivity contribution in [1.82, 2.24) is 0 Å². The Bertz CT molecular complexity index is 2690. The van der Waals surface area contributed by atoms with Gasteiger partial charge < -0.3 is 10.3 Å². The lowest BCUT2D eigenvalue weighted by Crippen LogP contribution is -2.10. The van der Waals surface area contributed by atoms with Crippen molar-refractivity contribution in [1.29, 1.82) is 10.7 Å². The molecule has 3 nitrogen and oxygen atoms in total. The summed E-state index contributed by atoms with van der Waals surface area (Å²) in [6.07, 6.45) is 0. The molecule has 9 rings (SSSR count). The molecule has 8 aromatic rings. The first-order valence-corrected chi connectivity index (χ1v) is 17.5. The van der Waals surface area contributed by atoms with E-state index in [9.17, 15) is 5.26 Å². The molecule has 0 aliphatic heterocycles. The molecule has 0 unspecified atom stereocenters. The number of nitrogens with zero attached hydrogens (tertiary/aromatic N) is 2. The molecule has 1 aliphatic carbocycles. The van der Waals surface area contributed by atoms with Crippen molar-refractivity contribution in [2.45, 2.75) is 6.92 Å². The van der Waals surface area contributed by atoms with Crippen LogP contribution in [0.5, 0.6) is 0 Å². The zero-order valence-corrected chi connectivity index (χ0v) is 28.6.